The van der Waals surface area contributed by atoms with Crippen molar-refractivity contribution in [3.8, 4) is 0 Å². The maximum Gasteiger partial charge on any atom is 0.191 e. The lowest BCUT2D eigenvalue weighted by Crippen LogP contribution is -2.54. The summed E-state index contributed by atoms with van der Waals surface area (Å²) in [5, 5.41) is 6.74. The molecule has 0 saturated heterocycles. The van der Waals surface area contributed by atoms with Gasteiger partial charge in [-0.1, -0.05) is 15.9 Å². The van der Waals surface area contributed by atoms with Crippen molar-refractivity contribution in [2.45, 2.75) is 42.7 Å². The lowest BCUT2D eigenvalue weighted by molar-refractivity contribution is 0.345. The second-order valence-corrected chi connectivity index (χ2v) is 6.09. The molecule has 1 fully saturated rings. The summed E-state index contributed by atoms with van der Waals surface area (Å²) in [7, 11) is 0. The molecule has 4 unspecified atom stereocenters. The molecular formula is C12H18BrN5. The molecule has 0 aromatic heterocycles. The number of hydrogen-bond donors (Lipinski definition) is 2. The van der Waals surface area contributed by atoms with Crippen LogP contribution in [0.3, 0.4) is 0 Å². The minimum Gasteiger partial charge on any atom is -0.355 e. The predicted octanol–water partition coefficient (Wildman–Crippen LogP) is 0.744. The van der Waals surface area contributed by atoms with E-state index in [1.807, 2.05) is 13.1 Å². The Kier molecular flexibility index (Phi) is 3.37. The normalized spacial score (nSPS) is 38.6. The van der Waals surface area contributed by atoms with Crippen molar-refractivity contribution in [1.82, 2.24) is 10.6 Å². The van der Waals surface area contributed by atoms with E-state index in [2.05, 4.69) is 36.5 Å². The zero-order chi connectivity index (χ0) is 12.5. The van der Waals surface area contributed by atoms with Crippen LogP contribution in [0.5, 0.6) is 0 Å². The first-order valence-corrected chi connectivity index (χ1v) is 7.42. The Morgan fingerprint density at radius 3 is 3.11 bits per heavy atom. The lowest BCUT2D eigenvalue weighted by Gasteiger charge is -2.38. The Bertz CT molecular complexity index is 417. The van der Waals surface area contributed by atoms with Crippen LogP contribution >= 0.6 is 15.9 Å². The van der Waals surface area contributed by atoms with Crippen LogP contribution in [0.15, 0.2) is 15.0 Å². The zero-order valence-corrected chi connectivity index (χ0v) is 12.0. The van der Waals surface area contributed by atoms with E-state index in [9.17, 15) is 0 Å². The van der Waals surface area contributed by atoms with Gasteiger partial charge < -0.3 is 10.6 Å². The maximum absolute atomic E-state index is 4.73. The number of halogens is 1. The minimum absolute atomic E-state index is 0.253. The first-order chi connectivity index (χ1) is 8.74. The molecule has 0 radical (unpaired) electrons. The van der Waals surface area contributed by atoms with E-state index in [1.54, 1.807) is 0 Å². The number of fused-ring (bicyclic) bond motifs is 1. The van der Waals surface area contributed by atoms with Gasteiger partial charge in [0.1, 0.15) is 0 Å². The molecule has 0 aromatic rings. The number of guanidine groups is 1. The summed E-state index contributed by atoms with van der Waals surface area (Å²) >= 11 is 3.81. The highest BCUT2D eigenvalue weighted by atomic mass is 79.9. The van der Waals surface area contributed by atoms with Crippen LogP contribution in [0.25, 0.3) is 0 Å². The van der Waals surface area contributed by atoms with Crippen LogP contribution in [-0.4, -0.2) is 53.9 Å². The van der Waals surface area contributed by atoms with Gasteiger partial charge in [-0.25, -0.2) is 0 Å². The standard InChI is InChI=1S/C12H18BrN5/c1-7-6-16-9-3-2-8(10(13)11(9)17-7)18-12-14-4-5-15-12/h6,8-11H,2-5H2,1H3,(H2,14,15,18). The first-order valence-electron chi connectivity index (χ1n) is 6.50. The second kappa shape index (κ2) is 4.99. The fraction of sp³-hybridized carbons (Fsp3) is 0.750. The molecule has 0 bridgehead atoms. The molecule has 2 aliphatic heterocycles. The molecule has 0 aromatic carbocycles. The van der Waals surface area contributed by atoms with Crippen LogP contribution in [0.1, 0.15) is 19.8 Å². The summed E-state index contributed by atoms with van der Waals surface area (Å²) < 4.78 is 0. The maximum atomic E-state index is 4.73. The van der Waals surface area contributed by atoms with Crippen LogP contribution in [0.2, 0.25) is 0 Å². The monoisotopic (exact) mass is 311 g/mol. The number of nitrogens with zero attached hydrogens (tertiary/aromatic N) is 3. The third-order valence-electron chi connectivity index (χ3n) is 3.68. The Hall–Kier alpha value is -0.910. The van der Waals surface area contributed by atoms with Gasteiger partial charge in [-0.15, -0.1) is 0 Å². The van der Waals surface area contributed by atoms with Gasteiger partial charge in [0.15, 0.2) is 5.96 Å². The summed E-state index contributed by atoms with van der Waals surface area (Å²) in [5.41, 5.74) is 1.03. The molecule has 1 aliphatic carbocycles. The predicted molar refractivity (Wildman–Crippen MR) is 78.4 cm³/mol. The lowest BCUT2D eigenvalue weighted by atomic mass is 9.86. The topological polar surface area (TPSA) is 61.1 Å². The number of alkyl halides is 1. The highest BCUT2D eigenvalue weighted by Crippen LogP contribution is 2.31. The SMILES string of the molecule is CC1=NC2C(CCC(NC3=NCCN3)C2Br)N=C1. The van der Waals surface area contributed by atoms with Gasteiger partial charge in [0.25, 0.3) is 0 Å². The molecule has 0 spiro atoms. The van der Waals surface area contributed by atoms with Gasteiger partial charge >= 0.3 is 0 Å². The number of nitrogens with one attached hydrogen (secondary N) is 2. The van der Waals surface area contributed by atoms with E-state index >= 15 is 0 Å². The molecule has 98 valence electrons. The molecule has 2 N–H and O–H groups in total. The average molecular weight is 312 g/mol. The fourth-order valence-electron chi connectivity index (χ4n) is 2.74. The fourth-order valence-corrected chi connectivity index (χ4v) is 3.61. The van der Waals surface area contributed by atoms with Gasteiger partial charge in [-0.2, -0.15) is 0 Å². The minimum atomic E-state index is 0.253. The highest BCUT2D eigenvalue weighted by Gasteiger charge is 2.39. The van der Waals surface area contributed by atoms with Gasteiger partial charge in [0, 0.05) is 24.5 Å². The molecule has 0 amide bonds. The molecule has 1 saturated carbocycles. The summed E-state index contributed by atoms with van der Waals surface area (Å²) in [6.07, 6.45) is 4.09. The molecule has 18 heavy (non-hydrogen) atoms. The molecule has 6 heteroatoms. The Morgan fingerprint density at radius 1 is 1.44 bits per heavy atom. The van der Waals surface area contributed by atoms with E-state index in [-0.39, 0.29) is 6.04 Å². The van der Waals surface area contributed by atoms with E-state index < -0.39 is 0 Å². The van der Waals surface area contributed by atoms with E-state index in [0.29, 0.717) is 16.9 Å². The smallest absolute Gasteiger partial charge is 0.191 e. The summed E-state index contributed by atoms with van der Waals surface area (Å²) in [6, 6.07) is 0.971. The van der Waals surface area contributed by atoms with Crippen molar-refractivity contribution in [3.05, 3.63) is 0 Å². The van der Waals surface area contributed by atoms with Crippen molar-refractivity contribution in [1.29, 1.82) is 0 Å². The van der Waals surface area contributed by atoms with Crippen LogP contribution in [0, 0.1) is 0 Å². The quantitative estimate of drug-likeness (QED) is 0.702. The first kappa shape index (κ1) is 12.1. The Labute approximate surface area is 115 Å². The molecule has 5 nitrogen and oxygen atoms in total. The van der Waals surface area contributed by atoms with Gasteiger partial charge in [0.05, 0.1) is 23.5 Å². The van der Waals surface area contributed by atoms with E-state index in [4.69, 9.17) is 4.99 Å². The Morgan fingerprint density at radius 2 is 2.33 bits per heavy atom. The number of aliphatic imine (C=N–C) groups is 3. The Balaban J connectivity index is 1.69. The highest BCUT2D eigenvalue weighted by molar-refractivity contribution is 9.09. The zero-order valence-electron chi connectivity index (χ0n) is 10.4. The van der Waals surface area contributed by atoms with Crippen LogP contribution < -0.4 is 10.6 Å². The molecule has 4 atom stereocenters. The summed E-state index contributed by atoms with van der Waals surface area (Å²) in [4.78, 5) is 14.0. The second-order valence-electron chi connectivity index (χ2n) is 5.04. The van der Waals surface area contributed by atoms with Gasteiger partial charge in [-0.05, 0) is 19.8 Å². The van der Waals surface area contributed by atoms with E-state index in [1.165, 1.54) is 0 Å². The number of rotatable bonds is 1. The van der Waals surface area contributed by atoms with Crippen molar-refractivity contribution in [2.75, 3.05) is 13.1 Å². The van der Waals surface area contributed by atoms with E-state index in [0.717, 1.165) is 37.6 Å². The van der Waals surface area contributed by atoms with Crippen molar-refractivity contribution in [3.63, 3.8) is 0 Å². The largest absolute Gasteiger partial charge is 0.355 e. The summed E-state index contributed by atoms with van der Waals surface area (Å²) in [6.45, 7) is 3.82. The number of hydrogen-bond acceptors (Lipinski definition) is 5. The van der Waals surface area contributed by atoms with Crippen LogP contribution in [0.4, 0.5) is 0 Å². The summed E-state index contributed by atoms with van der Waals surface area (Å²) in [5.74, 6) is 0.933. The van der Waals surface area contributed by atoms with Crippen LogP contribution in [-0.2, 0) is 0 Å². The molecule has 2 heterocycles. The molecular weight excluding hydrogens is 294 g/mol. The van der Waals surface area contributed by atoms with Gasteiger partial charge in [-0.3, -0.25) is 15.0 Å². The van der Waals surface area contributed by atoms with Crippen molar-refractivity contribution < 1.29 is 0 Å². The van der Waals surface area contributed by atoms with Gasteiger partial charge in [0.2, 0.25) is 0 Å². The molecule has 3 aliphatic rings. The average Bonchev–Trinajstić information content (AvgIpc) is 2.86. The van der Waals surface area contributed by atoms with Crippen molar-refractivity contribution >= 4 is 33.8 Å². The van der Waals surface area contributed by atoms with Crippen molar-refractivity contribution in [2.24, 2.45) is 15.0 Å². The molecule has 3 rings (SSSR count). The third kappa shape index (κ3) is 2.30. The third-order valence-corrected chi connectivity index (χ3v) is 4.86.